The van der Waals surface area contributed by atoms with Gasteiger partial charge in [-0.3, -0.25) is 10.1 Å². The van der Waals surface area contributed by atoms with Crippen LogP contribution in [-0.4, -0.2) is 25.3 Å². The lowest BCUT2D eigenvalue weighted by atomic mass is 10.4. The van der Waals surface area contributed by atoms with Gasteiger partial charge in [0.1, 0.15) is 36.5 Å². The third-order valence-electron chi connectivity index (χ3n) is 5.19. The van der Waals surface area contributed by atoms with E-state index in [4.69, 9.17) is 5.73 Å². The summed E-state index contributed by atoms with van der Waals surface area (Å²) >= 11 is 0. The fourth-order valence-corrected chi connectivity index (χ4v) is 15.2. The molecule has 0 radical (unpaired) electrons. The van der Waals surface area contributed by atoms with E-state index in [9.17, 15) is 9.59 Å². The summed E-state index contributed by atoms with van der Waals surface area (Å²) in [5, 5.41) is 5.42. The molecule has 0 fully saturated rings. The maximum absolute atomic E-state index is 13.6. The number of hydrogen-bond donors (Lipinski definition) is 2. The van der Waals surface area contributed by atoms with Crippen LogP contribution in [-0.2, 0) is 4.79 Å². The second kappa shape index (κ2) is 10.2. The van der Waals surface area contributed by atoms with Gasteiger partial charge in [0.15, 0.2) is 0 Å². The molecule has 3 amide bonds. The molecule has 0 aliphatic rings. The topological polar surface area (TPSA) is 72.2 Å². The first-order valence-corrected chi connectivity index (χ1v) is 15.4. The molecule has 1 unspecified atom stereocenters. The molecule has 7 heteroatoms. The lowest BCUT2D eigenvalue weighted by Crippen LogP contribution is -3.00. The van der Waals surface area contributed by atoms with Crippen molar-refractivity contribution in [2.24, 2.45) is 5.73 Å². The molecule has 0 aliphatic carbocycles. The summed E-state index contributed by atoms with van der Waals surface area (Å²) in [7, 11) is -4.63. The predicted octanol–water partition coefficient (Wildman–Crippen LogP) is 0.425. The van der Waals surface area contributed by atoms with Crippen molar-refractivity contribution in [3.05, 3.63) is 91.0 Å². The molecular formula is C24H28ClN2O2PSi. The third-order valence-corrected chi connectivity index (χ3v) is 14.9. The van der Waals surface area contributed by atoms with Crippen molar-refractivity contribution in [1.29, 1.82) is 0 Å². The summed E-state index contributed by atoms with van der Waals surface area (Å²) in [4.78, 5) is 25.3. The molecule has 0 spiro atoms. The van der Waals surface area contributed by atoms with E-state index in [0.29, 0.717) is 0 Å². The number of imide groups is 1. The lowest BCUT2D eigenvalue weighted by Gasteiger charge is -2.39. The van der Waals surface area contributed by atoms with Gasteiger partial charge in [0, 0.05) is 0 Å². The van der Waals surface area contributed by atoms with Crippen LogP contribution in [0.5, 0.6) is 0 Å². The Morgan fingerprint density at radius 3 is 1.32 bits per heavy atom. The molecule has 3 N–H and O–H groups in total. The molecule has 0 saturated carbocycles. The summed E-state index contributed by atoms with van der Waals surface area (Å²) in [5.41, 5.74) is 5.39. The Kier molecular flexibility index (Phi) is 8.19. The maximum atomic E-state index is 13.6. The molecule has 0 bridgehead atoms. The third kappa shape index (κ3) is 5.07. The Morgan fingerprint density at radius 2 is 1.06 bits per heavy atom. The number of carbonyl (C=O) groups excluding carboxylic acids is 2. The predicted molar refractivity (Wildman–Crippen MR) is 130 cm³/mol. The molecule has 3 rings (SSSR count). The zero-order chi connectivity index (χ0) is 21.8. The molecule has 3 aromatic rings. The van der Waals surface area contributed by atoms with Gasteiger partial charge in [0.05, 0.1) is 0 Å². The van der Waals surface area contributed by atoms with E-state index in [1.807, 2.05) is 54.6 Å². The molecular weight excluding hydrogens is 443 g/mol. The zero-order valence-corrected chi connectivity index (χ0v) is 20.6. The minimum absolute atomic E-state index is 0. The van der Waals surface area contributed by atoms with Gasteiger partial charge in [-0.05, 0) is 36.4 Å². The van der Waals surface area contributed by atoms with Crippen molar-refractivity contribution in [2.45, 2.75) is 24.9 Å². The van der Waals surface area contributed by atoms with Crippen LogP contribution in [0.4, 0.5) is 4.79 Å². The fraction of sp³-hybridized carbons (Fsp3) is 0.167. The van der Waals surface area contributed by atoms with Crippen LogP contribution in [0, 0.1) is 0 Å². The smallest absolute Gasteiger partial charge is 0.318 e. The van der Waals surface area contributed by atoms with Gasteiger partial charge in [0.2, 0.25) is 0 Å². The number of carbonyl (C=O) groups is 2. The Labute approximate surface area is 192 Å². The summed E-state index contributed by atoms with van der Waals surface area (Å²) in [6.07, 6.45) is 0. The van der Waals surface area contributed by atoms with E-state index < -0.39 is 21.4 Å². The van der Waals surface area contributed by atoms with E-state index in [1.54, 1.807) is 0 Å². The van der Waals surface area contributed by atoms with Gasteiger partial charge in [-0.1, -0.05) is 74.2 Å². The molecule has 1 atom stereocenters. The van der Waals surface area contributed by atoms with Gasteiger partial charge in [-0.15, -0.1) is 0 Å². The van der Waals surface area contributed by atoms with Gasteiger partial charge in [-0.2, -0.15) is 0 Å². The number of nitrogens with one attached hydrogen (secondary N) is 1. The summed E-state index contributed by atoms with van der Waals surface area (Å²) in [6, 6.07) is 29.9. The molecule has 0 heterocycles. The van der Waals surface area contributed by atoms with Gasteiger partial charge < -0.3 is 18.1 Å². The standard InChI is InChI=1S/C24H27N2O2PSi.ClH/c1-30(2,3)23(22(27)26-24(25)28)29(19-13-7-4-8-14-19,20-15-9-5-10-16-20)21-17-11-6-12-18-21;/h4-18,23H,1-3H3,(H2-,25,26,27,28);1H. The number of halogens is 1. The Morgan fingerprint density at radius 1 is 0.742 bits per heavy atom. The number of hydrogen-bond acceptors (Lipinski definition) is 2. The quantitative estimate of drug-likeness (QED) is 0.405. The zero-order valence-electron chi connectivity index (χ0n) is 18.0. The van der Waals surface area contributed by atoms with Crippen LogP contribution < -0.4 is 39.4 Å². The van der Waals surface area contributed by atoms with Gasteiger partial charge >= 0.3 is 6.03 Å². The van der Waals surface area contributed by atoms with Crippen LogP contribution in [0.25, 0.3) is 0 Å². The van der Waals surface area contributed by atoms with Crippen molar-refractivity contribution in [3.8, 4) is 0 Å². The Balaban J connectivity index is 0.00000341. The number of amides is 3. The number of primary amides is 1. The van der Waals surface area contributed by atoms with Crippen molar-refractivity contribution >= 4 is 43.2 Å². The lowest BCUT2D eigenvalue weighted by molar-refractivity contribution is -0.118. The Hall–Kier alpha value is -2.46. The Bertz CT molecular complexity index is 915. The normalized spacial score (nSPS) is 12.4. The van der Waals surface area contributed by atoms with Gasteiger partial charge in [0.25, 0.3) is 5.91 Å². The molecule has 0 saturated heterocycles. The summed E-state index contributed by atoms with van der Waals surface area (Å²) in [6.45, 7) is 6.55. The largest absolute Gasteiger partial charge is 1.00 e. The van der Waals surface area contributed by atoms with Crippen molar-refractivity contribution < 1.29 is 22.0 Å². The second-order valence-corrected chi connectivity index (χ2v) is 17.7. The molecule has 0 aliphatic heterocycles. The SMILES string of the molecule is C[Si](C)(C)C(C(=O)NC(N)=O)[P+](c1ccccc1)(c1ccccc1)c1ccccc1.[Cl-]. The fourth-order valence-electron chi connectivity index (χ4n) is 4.22. The van der Waals surface area contributed by atoms with E-state index in [1.165, 1.54) is 0 Å². The second-order valence-electron chi connectivity index (χ2n) is 8.35. The van der Waals surface area contributed by atoms with Crippen molar-refractivity contribution in [2.75, 3.05) is 0 Å². The van der Waals surface area contributed by atoms with Crippen LogP contribution in [0.15, 0.2) is 91.0 Å². The molecule has 162 valence electrons. The minimum Gasteiger partial charge on any atom is -1.00 e. The van der Waals surface area contributed by atoms with E-state index in [0.717, 1.165) is 15.9 Å². The first-order chi connectivity index (χ1) is 14.3. The van der Waals surface area contributed by atoms with Crippen molar-refractivity contribution in [1.82, 2.24) is 5.32 Å². The average Bonchev–Trinajstić information content (AvgIpc) is 2.72. The van der Waals surface area contributed by atoms with E-state index >= 15 is 0 Å². The average molecular weight is 471 g/mol. The summed E-state index contributed by atoms with van der Waals surface area (Å²) < 4.78 is 0. The molecule has 4 nitrogen and oxygen atoms in total. The van der Waals surface area contributed by atoms with Gasteiger partial charge in [-0.25, -0.2) is 4.79 Å². The van der Waals surface area contributed by atoms with Crippen LogP contribution in [0.3, 0.4) is 0 Å². The minimum atomic E-state index is -2.46. The molecule has 3 aromatic carbocycles. The first-order valence-electron chi connectivity index (χ1n) is 9.94. The highest BCUT2D eigenvalue weighted by atomic mass is 35.5. The summed E-state index contributed by atoms with van der Waals surface area (Å²) in [5.74, 6) is -0.286. The highest BCUT2D eigenvalue weighted by Gasteiger charge is 2.60. The van der Waals surface area contributed by atoms with E-state index in [2.05, 4.69) is 61.4 Å². The van der Waals surface area contributed by atoms with Crippen LogP contribution >= 0.6 is 7.26 Å². The highest BCUT2D eigenvalue weighted by molar-refractivity contribution is 7.98. The highest BCUT2D eigenvalue weighted by Crippen LogP contribution is 2.62. The van der Waals surface area contributed by atoms with Crippen molar-refractivity contribution in [3.63, 3.8) is 0 Å². The number of nitrogens with two attached hydrogens (primary N) is 1. The first kappa shape index (κ1) is 24.8. The number of urea groups is 1. The van der Waals surface area contributed by atoms with Crippen LogP contribution in [0.1, 0.15) is 0 Å². The van der Waals surface area contributed by atoms with E-state index in [-0.39, 0.29) is 23.6 Å². The maximum Gasteiger partial charge on any atom is 0.318 e. The number of rotatable bonds is 6. The number of benzene rings is 3. The molecule has 0 aromatic heterocycles. The molecule has 31 heavy (non-hydrogen) atoms. The monoisotopic (exact) mass is 470 g/mol. The van der Waals surface area contributed by atoms with Crippen LogP contribution in [0.2, 0.25) is 19.6 Å².